The van der Waals surface area contributed by atoms with Crippen molar-refractivity contribution < 1.29 is 22.0 Å². The number of hydrogen-bond donors (Lipinski definition) is 0. The Morgan fingerprint density at radius 3 is 2.65 bits per heavy atom. The molecule has 1 heterocycles. The van der Waals surface area contributed by atoms with Crippen molar-refractivity contribution in [1.29, 1.82) is 0 Å². The van der Waals surface area contributed by atoms with Gasteiger partial charge in [-0.2, -0.15) is 0 Å². The van der Waals surface area contributed by atoms with Crippen molar-refractivity contribution in [2.45, 2.75) is 24.3 Å². The first-order valence-corrected chi connectivity index (χ1v) is 10.7. The van der Waals surface area contributed by atoms with Gasteiger partial charge in [-0.15, -0.1) is 11.8 Å². The molecule has 4 nitrogen and oxygen atoms in total. The van der Waals surface area contributed by atoms with E-state index in [0.29, 0.717) is 17.7 Å². The van der Waals surface area contributed by atoms with E-state index in [-0.39, 0.29) is 22.5 Å². The highest BCUT2D eigenvalue weighted by Crippen LogP contribution is 2.35. The third kappa shape index (κ3) is 3.76. The summed E-state index contributed by atoms with van der Waals surface area (Å²) >= 11 is 0.932. The van der Waals surface area contributed by atoms with Gasteiger partial charge >= 0.3 is 0 Å². The Morgan fingerprint density at radius 1 is 1.23 bits per heavy atom. The number of sulfonamides is 1. The van der Waals surface area contributed by atoms with Crippen molar-refractivity contribution in [3.8, 4) is 0 Å². The van der Waals surface area contributed by atoms with Crippen LogP contribution in [0.4, 0.5) is 14.5 Å². The van der Waals surface area contributed by atoms with Gasteiger partial charge in [-0.3, -0.25) is 9.10 Å². The van der Waals surface area contributed by atoms with Gasteiger partial charge < -0.3 is 0 Å². The van der Waals surface area contributed by atoms with Gasteiger partial charge in [0.2, 0.25) is 10.0 Å². The van der Waals surface area contributed by atoms with E-state index in [1.807, 2.05) is 6.92 Å². The van der Waals surface area contributed by atoms with E-state index in [4.69, 9.17) is 0 Å². The monoisotopic (exact) mass is 397 g/mol. The molecule has 2 aromatic rings. The molecular weight excluding hydrogens is 380 g/mol. The first-order valence-electron chi connectivity index (χ1n) is 7.90. The highest BCUT2D eigenvalue weighted by atomic mass is 32.2. The first kappa shape index (κ1) is 18.8. The fraction of sp³-hybridized carbons (Fsp3) is 0.278. The van der Waals surface area contributed by atoms with Gasteiger partial charge in [0.25, 0.3) is 0 Å². The van der Waals surface area contributed by atoms with Crippen molar-refractivity contribution in [3.63, 3.8) is 0 Å². The predicted octanol–water partition coefficient (Wildman–Crippen LogP) is 3.65. The van der Waals surface area contributed by atoms with Crippen LogP contribution < -0.4 is 4.31 Å². The summed E-state index contributed by atoms with van der Waals surface area (Å²) < 4.78 is 52.1. The molecule has 3 rings (SSSR count). The van der Waals surface area contributed by atoms with Crippen LogP contribution in [0.25, 0.3) is 0 Å². The fourth-order valence-corrected chi connectivity index (χ4v) is 5.21. The predicted molar refractivity (Wildman–Crippen MR) is 98.3 cm³/mol. The summed E-state index contributed by atoms with van der Waals surface area (Å²) in [6.07, 6.45) is 1.68. The number of fused-ring (bicyclic) bond motifs is 1. The molecule has 0 spiro atoms. The summed E-state index contributed by atoms with van der Waals surface area (Å²) in [6.45, 7) is 1.81. The summed E-state index contributed by atoms with van der Waals surface area (Å²) in [5, 5.41) is 0. The molecule has 1 atom stereocenters. The quantitative estimate of drug-likeness (QED) is 0.571. The van der Waals surface area contributed by atoms with Crippen LogP contribution in [0.1, 0.15) is 22.8 Å². The molecule has 0 radical (unpaired) electrons. The maximum absolute atomic E-state index is 13.6. The maximum atomic E-state index is 13.6. The lowest BCUT2D eigenvalue weighted by atomic mass is 10.0. The normalized spacial score (nSPS) is 16.6. The number of nitrogens with zero attached hydrogens (tertiary/aromatic N) is 1. The van der Waals surface area contributed by atoms with Gasteiger partial charge in [-0.1, -0.05) is 0 Å². The molecule has 0 unspecified atom stereocenters. The molecule has 1 aliphatic rings. The summed E-state index contributed by atoms with van der Waals surface area (Å²) in [5.41, 5.74) is 1.80. The Balaban J connectivity index is 1.78. The SMILES string of the molecule is C[C@H]1Cc2cc(C(=O)CSc3cc(F)ccc3F)ccc2N1S(C)(=O)=O. The lowest BCUT2D eigenvalue weighted by molar-refractivity contribution is 0.102. The van der Waals surface area contributed by atoms with Crippen LogP contribution in [0.2, 0.25) is 0 Å². The van der Waals surface area contributed by atoms with Crippen LogP contribution in [0, 0.1) is 11.6 Å². The van der Waals surface area contributed by atoms with Crippen molar-refractivity contribution in [3.05, 3.63) is 59.2 Å². The second-order valence-corrected chi connectivity index (χ2v) is 9.12. The third-order valence-corrected chi connectivity index (χ3v) is 6.47. The maximum Gasteiger partial charge on any atom is 0.232 e. The van der Waals surface area contributed by atoms with Crippen LogP contribution in [0.15, 0.2) is 41.3 Å². The molecule has 0 fully saturated rings. The summed E-state index contributed by atoms with van der Waals surface area (Å²) in [6, 6.07) is 7.78. The summed E-state index contributed by atoms with van der Waals surface area (Å²) in [4.78, 5) is 12.5. The van der Waals surface area contributed by atoms with Crippen molar-refractivity contribution in [1.82, 2.24) is 0 Å². The van der Waals surface area contributed by atoms with E-state index in [1.165, 1.54) is 4.31 Å². The number of ketones is 1. The minimum Gasteiger partial charge on any atom is -0.293 e. The number of hydrogen-bond acceptors (Lipinski definition) is 4. The number of benzene rings is 2. The number of carbonyl (C=O) groups is 1. The number of anilines is 1. The third-order valence-electron chi connectivity index (χ3n) is 4.16. The molecule has 0 N–H and O–H groups in total. The van der Waals surface area contributed by atoms with Crippen molar-refractivity contribution in [2.24, 2.45) is 0 Å². The van der Waals surface area contributed by atoms with Gasteiger partial charge in [-0.05, 0) is 55.3 Å². The first-order chi connectivity index (χ1) is 12.2. The van der Waals surface area contributed by atoms with Crippen LogP contribution in [0.5, 0.6) is 0 Å². The summed E-state index contributed by atoms with van der Waals surface area (Å²) in [7, 11) is -3.39. The zero-order valence-corrected chi connectivity index (χ0v) is 15.8. The van der Waals surface area contributed by atoms with E-state index < -0.39 is 21.7 Å². The van der Waals surface area contributed by atoms with Gasteiger partial charge in [0.1, 0.15) is 11.6 Å². The van der Waals surface area contributed by atoms with E-state index in [9.17, 15) is 22.0 Å². The van der Waals surface area contributed by atoms with Crippen LogP contribution >= 0.6 is 11.8 Å². The number of carbonyl (C=O) groups excluding carboxylic acids is 1. The molecule has 138 valence electrons. The molecule has 0 aliphatic carbocycles. The van der Waals surface area contributed by atoms with Crippen LogP contribution in [-0.2, 0) is 16.4 Å². The highest BCUT2D eigenvalue weighted by molar-refractivity contribution is 8.00. The standard InChI is InChI=1S/C18H17F2NO3S2/c1-11-7-13-8-12(3-6-16(13)21(11)26(2,23)24)17(22)10-25-18-9-14(19)4-5-15(18)20/h3-6,8-9,11H,7,10H2,1-2H3/t11-/m0/s1. The summed E-state index contributed by atoms with van der Waals surface area (Å²) in [5.74, 6) is -1.40. The Kier molecular flexibility index (Phi) is 5.07. The smallest absolute Gasteiger partial charge is 0.232 e. The van der Waals surface area contributed by atoms with E-state index in [2.05, 4.69) is 0 Å². The van der Waals surface area contributed by atoms with E-state index in [1.54, 1.807) is 18.2 Å². The van der Waals surface area contributed by atoms with Gasteiger partial charge in [0, 0.05) is 16.5 Å². The second-order valence-electron chi connectivity index (χ2n) is 6.24. The fourth-order valence-electron chi connectivity index (χ4n) is 3.10. The highest BCUT2D eigenvalue weighted by Gasteiger charge is 2.32. The van der Waals surface area contributed by atoms with Crippen molar-refractivity contribution in [2.75, 3.05) is 16.3 Å². The van der Waals surface area contributed by atoms with Gasteiger partial charge in [0.05, 0.1) is 17.7 Å². The molecule has 8 heteroatoms. The Bertz CT molecular complexity index is 976. The average Bonchev–Trinajstić information content (AvgIpc) is 2.90. The minimum absolute atomic E-state index is 0.0372. The van der Waals surface area contributed by atoms with Gasteiger partial charge in [0.15, 0.2) is 5.78 Å². The molecule has 0 bridgehead atoms. The Hall–Kier alpha value is -1.93. The average molecular weight is 397 g/mol. The number of rotatable bonds is 5. The zero-order valence-electron chi connectivity index (χ0n) is 14.2. The van der Waals surface area contributed by atoms with Crippen molar-refractivity contribution >= 4 is 33.3 Å². The second kappa shape index (κ2) is 7.00. The minimum atomic E-state index is -3.39. The Labute approximate surface area is 155 Å². The topological polar surface area (TPSA) is 54.5 Å². The largest absolute Gasteiger partial charge is 0.293 e. The number of halogens is 2. The van der Waals surface area contributed by atoms with Crippen LogP contribution in [0.3, 0.4) is 0 Å². The molecule has 0 saturated carbocycles. The lowest BCUT2D eigenvalue weighted by Crippen LogP contribution is -2.34. The van der Waals surface area contributed by atoms with Gasteiger partial charge in [-0.25, -0.2) is 17.2 Å². The van der Waals surface area contributed by atoms with Crippen LogP contribution in [-0.4, -0.2) is 32.3 Å². The molecular formula is C18H17F2NO3S2. The molecule has 2 aromatic carbocycles. The lowest BCUT2D eigenvalue weighted by Gasteiger charge is -2.21. The molecule has 1 aliphatic heterocycles. The van der Waals surface area contributed by atoms with E-state index in [0.717, 1.165) is 41.8 Å². The zero-order chi connectivity index (χ0) is 19.1. The molecule has 26 heavy (non-hydrogen) atoms. The molecule has 0 aromatic heterocycles. The molecule has 0 saturated heterocycles. The number of thioether (sulfide) groups is 1. The number of Topliss-reactive ketones (excluding diaryl/α,β-unsaturated/α-hetero) is 1. The molecule has 0 amide bonds. The van der Waals surface area contributed by atoms with E-state index >= 15 is 0 Å². The Morgan fingerprint density at radius 2 is 1.96 bits per heavy atom.